The van der Waals surface area contributed by atoms with E-state index in [1.165, 1.54) is 32.1 Å². The molecular weight excluding hydrogens is 290 g/mol. The molecule has 18 heavy (non-hydrogen) atoms. The fraction of sp³-hybridized carbons (Fsp3) is 0.533. The first-order valence-corrected chi connectivity index (χ1v) is 7.50. The highest BCUT2D eigenvalue weighted by Gasteiger charge is 2.16. The zero-order valence-corrected chi connectivity index (χ0v) is 12.4. The quantitative estimate of drug-likeness (QED) is 0.896. The number of benzene rings is 1. The Morgan fingerprint density at radius 2 is 2.06 bits per heavy atom. The van der Waals surface area contributed by atoms with Crippen molar-refractivity contribution in [3.05, 3.63) is 33.8 Å². The van der Waals surface area contributed by atoms with Gasteiger partial charge < -0.3 is 5.32 Å². The monoisotopic (exact) mass is 309 g/mol. The van der Waals surface area contributed by atoms with Crippen LogP contribution in [0.15, 0.2) is 22.7 Å². The number of rotatable bonds is 3. The molecule has 2 rings (SSSR count). The van der Waals surface area contributed by atoms with Gasteiger partial charge in [0.25, 0.3) is 5.91 Å². The summed E-state index contributed by atoms with van der Waals surface area (Å²) in [5.41, 5.74) is 1.85. The van der Waals surface area contributed by atoms with Gasteiger partial charge in [0.1, 0.15) is 0 Å². The Hall–Kier alpha value is -0.830. The molecule has 1 aliphatic carbocycles. The van der Waals surface area contributed by atoms with Crippen molar-refractivity contribution in [3.63, 3.8) is 0 Å². The third-order valence-electron chi connectivity index (χ3n) is 3.64. The summed E-state index contributed by atoms with van der Waals surface area (Å²) in [6, 6.07) is 5.87. The van der Waals surface area contributed by atoms with Crippen LogP contribution < -0.4 is 5.32 Å². The number of carbonyl (C=O) groups excluding carboxylic acids is 1. The van der Waals surface area contributed by atoms with Gasteiger partial charge in [0.2, 0.25) is 0 Å². The molecule has 1 aromatic rings. The molecule has 1 saturated carbocycles. The minimum absolute atomic E-state index is 0.0381. The minimum Gasteiger partial charge on any atom is -0.352 e. The molecule has 0 radical (unpaired) electrons. The summed E-state index contributed by atoms with van der Waals surface area (Å²) in [5.74, 6) is 0.711. The van der Waals surface area contributed by atoms with Gasteiger partial charge in [-0.15, -0.1) is 0 Å². The molecule has 0 spiro atoms. The van der Waals surface area contributed by atoms with E-state index in [9.17, 15) is 4.79 Å². The van der Waals surface area contributed by atoms with Crippen molar-refractivity contribution in [1.29, 1.82) is 0 Å². The Labute approximate surface area is 117 Å². The largest absolute Gasteiger partial charge is 0.352 e. The number of hydrogen-bond donors (Lipinski definition) is 1. The molecule has 1 amide bonds. The lowest BCUT2D eigenvalue weighted by molar-refractivity contribution is 0.0942. The fourth-order valence-electron chi connectivity index (χ4n) is 2.54. The number of carbonyl (C=O) groups is 1. The third kappa shape index (κ3) is 3.58. The molecule has 3 heteroatoms. The Kier molecular flexibility index (Phi) is 4.81. The molecule has 0 saturated heterocycles. The van der Waals surface area contributed by atoms with Gasteiger partial charge in [-0.1, -0.05) is 30.9 Å². The summed E-state index contributed by atoms with van der Waals surface area (Å²) in [6.07, 6.45) is 6.50. The van der Waals surface area contributed by atoms with E-state index < -0.39 is 0 Å². The van der Waals surface area contributed by atoms with E-state index in [4.69, 9.17) is 0 Å². The molecule has 2 nitrogen and oxygen atoms in total. The SMILES string of the molecule is Cc1ccc(Br)c(C(=O)NCC2CCCCC2)c1. The van der Waals surface area contributed by atoms with E-state index in [0.29, 0.717) is 5.92 Å². The highest BCUT2D eigenvalue weighted by atomic mass is 79.9. The van der Waals surface area contributed by atoms with Crippen LogP contribution in [-0.4, -0.2) is 12.5 Å². The van der Waals surface area contributed by atoms with Crippen LogP contribution in [0.25, 0.3) is 0 Å². The van der Waals surface area contributed by atoms with Crippen molar-refractivity contribution in [2.24, 2.45) is 5.92 Å². The second-order valence-electron chi connectivity index (χ2n) is 5.20. The minimum atomic E-state index is 0.0381. The van der Waals surface area contributed by atoms with Gasteiger partial charge in [0, 0.05) is 11.0 Å². The van der Waals surface area contributed by atoms with Crippen molar-refractivity contribution in [3.8, 4) is 0 Å². The van der Waals surface area contributed by atoms with E-state index in [1.807, 2.05) is 25.1 Å². The van der Waals surface area contributed by atoms with Crippen molar-refractivity contribution < 1.29 is 4.79 Å². The van der Waals surface area contributed by atoms with Gasteiger partial charge in [-0.2, -0.15) is 0 Å². The summed E-state index contributed by atoms with van der Waals surface area (Å²) in [6.45, 7) is 2.82. The van der Waals surface area contributed by atoms with Gasteiger partial charge in [-0.05, 0) is 53.7 Å². The molecule has 1 fully saturated rings. The number of nitrogens with one attached hydrogen (secondary N) is 1. The van der Waals surface area contributed by atoms with Crippen molar-refractivity contribution in [2.75, 3.05) is 6.54 Å². The lowest BCUT2D eigenvalue weighted by Crippen LogP contribution is -2.30. The maximum absolute atomic E-state index is 12.1. The standard InChI is InChI=1S/C15H20BrNO/c1-11-7-8-14(16)13(9-11)15(18)17-10-12-5-3-2-4-6-12/h7-9,12H,2-6,10H2,1H3,(H,17,18). The van der Waals surface area contributed by atoms with E-state index >= 15 is 0 Å². The first-order chi connectivity index (χ1) is 8.66. The maximum Gasteiger partial charge on any atom is 0.252 e. The van der Waals surface area contributed by atoms with Gasteiger partial charge >= 0.3 is 0 Å². The summed E-state index contributed by atoms with van der Waals surface area (Å²) in [5, 5.41) is 3.07. The van der Waals surface area contributed by atoms with Crippen LogP contribution in [0.2, 0.25) is 0 Å². The first kappa shape index (κ1) is 13.6. The number of amides is 1. The van der Waals surface area contributed by atoms with Crippen LogP contribution in [-0.2, 0) is 0 Å². The van der Waals surface area contributed by atoms with Crippen LogP contribution >= 0.6 is 15.9 Å². The molecule has 0 unspecified atom stereocenters. The summed E-state index contributed by atoms with van der Waals surface area (Å²) in [7, 11) is 0. The highest BCUT2D eigenvalue weighted by molar-refractivity contribution is 9.10. The molecule has 1 aliphatic rings. The lowest BCUT2D eigenvalue weighted by atomic mass is 9.89. The average molecular weight is 310 g/mol. The van der Waals surface area contributed by atoms with Gasteiger partial charge in [0.05, 0.1) is 5.56 Å². The van der Waals surface area contributed by atoms with E-state index in [0.717, 1.165) is 22.1 Å². The number of hydrogen-bond acceptors (Lipinski definition) is 1. The number of aryl methyl sites for hydroxylation is 1. The van der Waals surface area contributed by atoms with Crippen LogP contribution in [0.1, 0.15) is 48.0 Å². The normalized spacial score (nSPS) is 16.6. The van der Waals surface area contributed by atoms with E-state index in [1.54, 1.807) is 0 Å². The second-order valence-corrected chi connectivity index (χ2v) is 6.05. The molecular formula is C15H20BrNO. The molecule has 0 bridgehead atoms. The topological polar surface area (TPSA) is 29.1 Å². The summed E-state index contributed by atoms with van der Waals surface area (Å²) >= 11 is 3.44. The van der Waals surface area contributed by atoms with E-state index in [2.05, 4.69) is 21.2 Å². The molecule has 1 aromatic carbocycles. The van der Waals surface area contributed by atoms with Crippen molar-refractivity contribution in [2.45, 2.75) is 39.0 Å². The molecule has 1 N–H and O–H groups in total. The maximum atomic E-state index is 12.1. The fourth-order valence-corrected chi connectivity index (χ4v) is 2.96. The molecule has 98 valence electrons. The van der Waals surface area contributed by atoms with Crippen LogP contribution in [0, 0.1) is 12.8 Å². The average Bonchev–Trinajstić information content (AvgIpc) is 2.40. The zero-order chi connectivity index (χ0) is 13.0. The Balaban J connectivity index is 1.92. The molecule has 0 aliphatic heterocycles. The van der Waals surface area contributed by atoms with E-state index in [-0.39, 0.29) is 5.91 Å². The lowest BCUT2D eigenvalue weighted by Gasteiger charge is -2.21. The summed E-state index contributed by atoms with van der Waals surface area (Å²) < 4.78 is 0.870. The molecule has 0 atom stereocenters. The predicted octanol–water partition coefficient (Wildman–Crippen LogP) is 4.07. The third-order valence-corrected chi connectivity index (χ3v) is 4.33. The van der Waals surface area contributed by atoms with Gasteiger partial charge in [0.15, 0.2) is 0 Å². The van der Waals surface area contributed by atoms with Crippen LogP contribution in [0.3, 0.4) is 0 Å². The predicted molar refractivity (Wildman–Crippen MR) is 77.8 cm³/mol. The highest BCUT2D eigenvalue weighted by Crippen LogP contribution is 2.23. The van der Waals surface area contributed by atoms with Gasteiger partial charge in [-0.3, -0.25) is 4.79 Å². The van der Waals surface area contributed by atoms with Crippen molar-refractivity contribution >= 4 is 21.8 Å². The first-order valence-electron chi connectivity index (χ1n) is 6.71. The smallest absolute Gasteiger partial charge is 0.252 e. The number of halogens is 1. The summed E-state index contributed by atoms with van der Waals surface area (Å²) in [4.78, 5) is 12.1. The van der Waals surface area contributed by atoms with Crippen LogP contribution in [0.4, 0.5) is 0 Å². The van der Waals surface area contributed by atoms with Crippen molar-refractivity contribution in [1.82, 2.24) is 5.32 Å². The second kappa shape index (κ2) is 6.37. The Morgan fingerprint density at radius 3 is 2.78 bits per heavy atom. The zero-order valence-electron chi connectivity index (χ0n) is 10.8. The van der Waals surface area contributed by atoms with Crippen LogP contribution in [0.5, 0.6) is 0 Å². The van der Waals surface area contributed by atoms with Gasteiger partial charge in [-0.25, -0.2) is 0 Å². The Morgan fingerprint density at radius 1 is 1.33 bits per heavy atom. The Bertz CT molecular complexity index is 425. The molecule has 0 aromatic heterocycles. The molecule has 0 heterocycles.